The molecule has 0 radical (unpaired) electrons. The third-order valence-corrected chi connectivity index (χ3v) is 2.71. The molecule has 0 saturated heterocycles. The van der Waals surface area contributed by atoms with Gasteiger partial charge in [0.25, 0.3) is 5.69 Å². The smallest absolute Gasteiger partial charge is 0.269 e. The largest absolute Gasteiger partial charge is 0.299 e. The SMILES string of the molecule is CCCCN(C)CC(=O)c1ccc([N+](=O)[O-])cc1. The van der Waals surface area contributed by atoms with Crippen LogP contribution in [0.2, 0.25) is 0 Å². The topological polar surface area (TPSA) is 63.5 Å². The molecular formula is C13H18N2O3. The standard InChI is InChI=1S/C13H18N2O3/c1-3-4-9-14(2)10-13(16)11-5-7-12(8-6-11)15(17)18/h5-8H,3-4,9-10H2,1-2H3. The first-order valence-corrected chi connectivity index (χ1v) is 6.00. The Balaban J connectivity index is 2.58. The van der Waals surface area contributed by atoms with Crippen LogP contribution in [0, 0.1) is 10.1 Å². The van der Waals surface area contributed by atoms with E-state index in [4.69, 9.17) is 0 Å². The molecule has 0 N–H and O–H groups in total. The van der Waals surface area contributed by atoms with Gasteiger partial charge >= 0.3 is 0 Å². The van der Waals surface area contributed by atoms with Crippen molar-refractivity contribution in [2.24, 2.45) is 0 Å². The molecule has 0 aromatic heterocycles. The van der Waals surface area contributed by atoms with Crippen molar-refractivity contribution < 1.29 is 9.72 Å². The zero-order valence-electron chi connectivity index (χ0n) is 10.8. The second kappa shape index (κ2) is 6.86. The Hall–Kier alpha value is -1.75. The summed E-state index contributed by atoms with van der Waals surface area (Å²) in [4.78, 5) is 23.9. The van der Waals surface area contributed by atoms with E-state index in [0.29, 0.717) is 12.1 Å². The van der Waals surface area contributed by atoms with Gasteiger partial charge in [0.05, 0.1) is 11.5 Å². The monoisotopic (exact) mass is 250 g/mol. The molecule has 98 valence electrons. The minimum Gasteiger partial charge on any atom is -0.299 e. The highest BCUT2D eigenvalue weighted by molar-refractivity contribution is 5.97. The number of nitro benzene ring substituents is 1. The van der Waals surface area contributed by atoms with E-state index in [2.05, 4.69) is 6.92 Å². The molecule has 0 atom stereocenters. The molecule has 0 aliphatic carbocycles. The number of hydrogen-bond acceptors (Lipinski definition) is 4. The molecule has 0 aliphatic heterocycles. The van der Waals surface area contributed by atoms with Crippen LogP contribution in [-0.4, -0.2) is 35.7 Å². The molecule has 18 heavy (non-hydrogen) atoms. The van der Waals surface area contributed by atoms with Crippen molar-refractivity contribution in [3.8, 4) is 0 Å². The zero-order chi connectivity index (χ0) is 13.5. The Morgan fingerprint density at radius 2 is 1.94 bits per heavy atom. The van der Waals surface area contributed by atoms with E-state index >= 15 is 0 Å². The predicted molar refractivity (Wildman–Crippen MR) is 69.8 cm³/mol. The van der Waals surface area contributed by atoms with Crippen molar-refractivity contribution >= 4 is 11.5 Å². The minimum absolute atomic E-state index is 0.00545. The lowest BCUT2D eigenvalue weighted by molar-refractivity contribution is -0.384. The average molecular weight is 250 g/mol. The maximum Gasteiger partial charge on any atom is 0.269 e. The zero-order valence-corrected chi connectivity index (χ0v) is 10.8. The number of carbonyl (C=O) groups excluding carboxylic acids is 1. The van der Waals surface area contributed by atoms with Crippen LogP contribution >= 0.6 is 0 Å². The second-order valence-electron chi connectivity index (χ2n) is 4.32. The summed E-state index contributed by atoms with van der Waals surface area (Å²) in [5.74, 6) is -0.0106. The molecule has 0 amide bonds. The average Bonchev–Trinajstić information content (AvgIpc) is 2.36. The summed E-state index contributed by atoms with van der Waals surface area (Å²) in [6.07, 6.45) is 2.15. The number of rotatable bonds is 7. The van der Waals surface area contributed by atoms with E-state index in [9.17, 15) is 14.9 Å². The number of carbonyl (C=O) groups is 1. The highest BCUT2D eigenvalue weighted by Gasteiger charge is 2.11. The number of unbranched alkanes of at least 4 members (excludes halogenated alkanes) is 1. The van der Waals surface area contributed by atoms with E-state index in [0.717, 1.165) is 19.4 Å². The molecule has 1 aromatic carbocycles. The molecular weight excluding hydrogens is 232 g/mol. The van der Waals surface area contributed by atoms with E-state index in [1.54, 1.807) is 0 Å². The van der Waals surface area contributed by atoms with Crippen LogP contribution in [0.3, 0.4) is 0 Å². The van der Waals surface area contributed by atoms with Crippen LogP contribution in [0.25, 0.3) is 0 Å². The maximum absolute atomic E-state index is 11.9. The van der Waals surface area contributed by atoms with Crippen LogP contribution in [-0.2, 0) is 0 Å². The number of hydrogen-bond donors (Lipinski definition) is 0. The fourth-order valence-electron chi connectivity index (χ4n) is 1.61. The molecule has 0 aliphatic rings. The van der Waals surface area contributed by atoms with Crippen LogP contribution in [0.5, 0.6) is 0 Å². The Kier molecular flexibility index (Phi) is 5.45. The van der Waals surface area contributed by atoms with Crippen molar-refractivity contribution in [1.82, 2.24) is 4.90 Å². The van der Waals surface area contributed by atoms with Crippen LogP contribution < -0.4 is 0 Å². The van der Waals surface area contributed by atoms with Crippen molar-refractivity contribution in [1.29, 1.82) is 0 Å². The van der Waals surface area contributed by atoms with E-state index in [1.165, 1.54) is 24.3 Å². The Morgan fingerprint density at radius 3 is 2.44 bits per heavy atom. The number of nitro groups is 1. The van der Waals surface area contributed by atoms with Gasteiger partial charge in [0.15, 0.2) is 5.78 Å². The van der Waals surface area contributed by atoms with Crippen molar-refractivity contribution in [3.05, 3.63) is 39.9 Å². The van der Waals surface area contributed by atoms with Gasteiger partial charge < -0.3 is 0 Å². The minimum atomic E-state index is -0.471. The number of ketones is 1. The summed E-state index contributed by atoms with van der Waals surface area (Å²) in [6, 6.07) is 5.74. The summed E-state index contributed by atoms with van der Waals surface area (Å²) >= 11 is 0. The van der Waals surface area contributed by atoms with Gasteiger partial charge in [-0.15, -0.1) is 0 Å². The first-order valence-electron chi connectivity index (χ1n) is 6.00. The molecule has 1 aromatic rings. The molecule has 0 fully saturated rings. The number of benzene rings is 1. The van der Waals surface area contributed by atoms with Gasteiger partial charge in [-0.25, -0.2) is 0 Å². The maximum atomic E-state index is 11.9. The van der Waals surface area contributed by atoms with Crippen LogP contribution in [0.15, 0.2) is 24.3 Å². The van der Waals surface area contributed by atoms with Gasteiger partial charge in [0.1, 0.15) is 0 Å². The molecule has 0 bridgehead atoms. The summed E-state index contributed by atoms with van der Waals surface area (Å²) in [5, 5.41) is 10.5. The van der Waals surface area contributed by atoms with Gasteiger partial charge in [-0.1, -0.05) is 13.3 Å². The highest BCUT2D eigenvalue weighted by atomic mass is 16.6. The third kappa shape index (κ3) is 4.25. The Morgan fingerprint density at radius 1 is 1.33 bits per heavy atom. The summed E-state index contributed by atoms with van der Waals surface area (Å²) in [6.45, 7) is 3.33. The molecule has 1 rings (SSSR count). The van der Waals surface area contributed by atoms with Gasteiger partial charge in [0.2, 0.25) is 0 Å². The molecule has 0 heterocycles. The first kappa shape index (κ1) is 14.3. The third-order valence-electron chi connectivity index (χ3n) is 2.71. The summed E-state index contributed by atoms with van der Waals surface area (Å²) in [7, 11) is 1.90. The van der Waals surface area contributed by atoms with Crippen molar-refractivity contribution in [2.75, 3.05) is 20.1 Å². The van der Waals surface area contributed by atoms with Crippen LogP contribution in [0.1, 0.15) is 30.1 Å². The van der Waals surface area contributed by atoms with Gasteiger partial charge in [0, 0.05) is 17.7 Å². The summed E-state index contributed by atoms with van der Waals surface area (Å²) < 4.78 is 0. The van der Waals surface area contributed by atoms with Gasteiger partial charge in [-0.3, -0.25) is 19.8 Å². The van der Waals surface area contributed by atoms with E-state index < -0.39 is 4.92 Å². The second-order valence-corrected chi connectivity index (χ2v) is 4.32. The van der Waals surface area contributed by atoms with E-state index in [-0.39, 0.29) is 11.5 Å². The first-order chi connectivity index (χ1) is 8.54. The van der Waals surface area contributed by atoms with Crippen LogP contribution in [0.4, 0.5) is 5.69 Å². The fraction of sp³-hybridized carbons (Fsp3) is 0.462. The van der Waals surface area contributed by atoms with Crippen molar-refractivity contribution in [2.45, 2.75) is 19.8 Å². The molecule has 5 nitrogen and oxygen atoms in total. The molecule has 0 spiro atoms. The number of Topliss-reactive ketones (excluding diaryl/α,β-unsaturated/α-hetero) is 1. The summed E-state index contributed by atoms with van der Waals surface area (Å²) in [5.41, 5.74) is 0.523. The number of nitrogens with zero attached hydrogens (tertiary/aromatic N) is 2. The molecule has 0 unspecified atom stereocenters. The molecule has 5 heteroatoms. The lowest BCUT2D eigenvalue weighted by atomic mass is 10.1. The van der Waals surface area contributed by atoms with Gasteiger partial charge in [-0.2, -0.15) is 0 Å². The number of likely N-dealkylation sites (N-methyl/N-ethyl adjacent to an activating group) is 1. The fourth-order valence-corrected chi connectivity index (χ4v) is 1.61. The van der Waals surface area contributed by atoms with Crippen molar-refractivity contribution in [3.63, 3.8) is 0 Å². The number of non-ortho nitro benzene ring substituents is 1. The quantitative estimate of drug-likeness (QED) is 0.424. The molecule has 0 saturated carbocycles. The Labute approximate surface area is 107 Å². The normalized spacial score (nSPS) is 10.6. The Bertz CT molecular complexity index is 415. The highest BCUT2D eigenvalue weighted by Crippen LogP contribution is 2.12. The lowest BCUT2D eigenvalue weighted by Crippen LogP contribution is -2.26. The lowest BCUT2D eigenvalue weighted by Gasteiger charge is -2.14. The van der Waals surface area contributed by atoms with Gasteiger partial charge in [-0.05, 0) is 32.1 Å². The van der Waals surface area contributed by atoms with E-state index in [1.807, 2.05) is 11.9 Å². The predicted octanol–water partition coefficient (Wildman–Crippen LogP) is 2.51.